The Bertz CT molecular complexity index is 1570. The van der Waals surface area contributed by atoms with Crippen molar-refractivity contribution in [1.29, 1.82) is 0 Å². The molecule has 1 saturated heterocycles. The Kier molecular flexibility index (Phi) is 9.31. The van der Waals surface area contributed by atoms with Crippen molar-refractivity contribution in [2.45, 2.75) is 50.7 Å². The summed E-state index contributed by atoms with van der Waals surface area (Å²) in [7, 11) is -4.30. The van der Waals surface area contributed by atoms with E-state index < -0.39 is 44.6 Å². The average Bonchev–Trinajstić information content (AvgIpc) is 2.96. The van der Waals surface area contributed by atoms with Crippen LogP contribution in [0.15, 0.2) is 59.5 Å². The van der Waals surface area contributed by atoms with Gasteiger partial charge in [-0.3, -0.25) is 4.79 Å². The number of aryl methyl sites for hydroxylation is 1. The van der Waals surface area contributed by atoms with Crippen LogP contribution >= 0.6 is 0 Å². The lowest BCUT2D eigenvalue weighted by molar-refractivity contribution is -0.137. The Morgan fingerprint density at radius 3 is 2.36 bits per heavy atom. The molecule has 3 aromatic rings. The number of hydrogen-bond donors (Lipinski definition) is 0. The van der Waals surface area contributed by atoms with Gasteiger partial charge in [0, 0.05) is 31.2 Å². The van der Waals surface area contributed by atoms with Gasteiger partial charge >= 0.3 is 12.1 Å². The highest BCUT2D eigenvalue weighted by molar-refractivity contribution is 7.89. The zero-order chi connectivity index (χ0) is 30.7. The predicted molar refractivity (Wildman–Crippen MR) is 148 cm³/mol. The molecule has 1 aromatic heterocycles. The Morgan fingerprint density at radius 2 is 1.74 bits per heavy atom. The van der Waals surface area contributed by atoms with E-state index in [-0.39, 0.29) is 43.3 Å². The Labute approximate surface area is 242 Å². The summed E-state index contributed by atoms with van der Waals surface area (Å²) < 4.78 is 72.7. The highest BCUT2D eigenvalue weighted by Gasteiger charge is 2.39. The molecular weight excluding hydrogens is 573 g/mol. The minimum atomic E-state index is -4.70. The number of carbonyl (C=O) groups is 2. The molecule has 4 rings (SSSR count). The molecule has 1 atom stereocenters. The number of nitrogens with zero attached hydrogens (tertiary/aromatic N) is 4. The van der Waals surface area contributed by atoms with E-state index in [0.29, 0.717) is 30.2 Å². The van der Waals surface area contributed by atoms with Crippen molar-refractivity contribution in [1.82, 2.24) is 19.2 Å². The van der Waals surface area contributed by atoms with E-state index in [2.05, 4.69) is 9.97 Å². The molecule has 1 aliphatic rings. The first-order valence-electron chi connectivity index (χ1n) is 13.5. The van der Waals surface area contributed by atoms with E-state index in [1.54, 1.807) is 38.1 Å². The first-order chi connectivity index (χ1) is 19.9. The molecule has 224 valence electrons. The second kappa shape index (κ2) is 12.6. The Morgan fingerprint density at radius 1 is 1.02 bits per heavy atom. The summed E-state index contributed by atoms with van der Waals surface area (Å²) in [6, 6.07) is 11.8. The summed E-state index contributed by atoms with van der Waals surface area (Å²) in [6.07, 6.45) is -3.68. The molecule has 1 aliphatic heterocycles. The summed E-state index contributed by atoms with van der Waals surface area (Å²) in [5, 5.41) is 0. The van der Waals surface area contributed by atoms with E-state index in [1.165, 1.54) is 4.90 Å². The predicted octanol–water partition coefficient (Wildman–Crippen LogP) is 4.83. The summed E-state index contributed by atoms with van der Waals surface area (Å²) >= 11 is 0. The molecule has 1 fully saturated rings. The number of rotatable bonds is 8. The van der Waals surface area contributed by atoms with Crippen LogP contribution in [0.2, 0.25) is 0 Å². The summed E-state index contributed by atoms with van der Waals surface area (Å²) in [6.45, 7) is 4.87. The van der Waals surface area contributed by atoms with E-state index in [0.717, 1.165) is 22.5 Å². The number of carbonyl (C=O) groups excluding carboxylic acids is 2. The van der Waals surface area contributed by atoms with Crippen molar-refractivity contribution < 1.29 is 35.9 Å². The third-order valence-corrected chi connectivity index (χ3v) is 8.82. The fourth-order valence-electron chi connectivity index (χ4n) is 4.81. The number of hydrogen-bond acceptors (Lipinski definition) is 7. The minimum Gasteiger partial charge on any atom is -0.462 e. The Balaban J connectivity index is 1.68. The van der Waals surface area contributed by atoms with Crippen molar-refractivity contribution in [3.8, 4) is 11.4 Å². The number of alkyl halides is 3. The number of esters is 1. The molecule has 0 radical (unpaired) electrons. The summed E-state index contributed by atoms with van der Waals surface area (Å²) in [4.78, 5) is 37.0. The fraction of sp³-hybridized carbons (Fsp3) is 0.379. The topological polar surface area (TPSA) is 110 Å². The molecule has 1 unspecified atom stereocenters. The van der Waals surface area contributed by atoms with Gasteiger partial charge in [0.15, 0.2) is 5.82 Å². The van der Waals surface area contributed by atoms with Crippen LogP contribution in [0.4, 0.5) is 13.2 Å². The number of sulfonamides is 1. The van der Waals surface area contributed by atoms with E-state index >= 15 is 0 Å². The normalized spacial score (nSPS) is 16.3. The van der Waals surface area contributed by atoms with Crippen LogP contribution in [0.25, 0.3) is 11.4 Å². The Hall–Kier alpha value is -3.84. The number of ether oxygens (including phenoxy) is 1. The number of aromatic nitrogens is 2. The van der Waals surface area contributed by atoms with Gasteiger partial charge in [0.25, 0.3) is 5.91 Å². The van der Waals surface area contributed by atoms with Crippen LogP contribution < -0.4 is 0 Å². The standard InChI is InChI=1S/C29H31F3N4O5S/c1-4-10-23-24(28(38)41-5-2)25(34-26(33-23)20-11-7-6-8-12-20)27(37)35-15-16-36(19(3)18-35)42(39,40)22-14-9-13-21(17-22)29(30,31)32/h6-9,11-14,17,19H,4-5,10,15-16,18H2,1-3H3. The second-order valence-electron chi connectivity index (χ2n) is 9.80. The second-order valence-corrected chi connectivity index (χ2v) is 11.7. The maximum atomic E-state index is 13.9. The number of piperazine rings is 1. The molecule has 42 heavy (non-hydrogen) atoms. The molecule has 2 heterocycles. The molecular formula is C29H31F3N4O5S. The molecule has 1 amide bonds. The number of benzene rings is 2. The first-order valence-corrected chi connectivity index (χ1v) is 14.9. The molecule has 2 aromatic carbocycles. The van der Waals surface area contributed by atoms with Gasteiger partial charge in [-0.05, 0) is 38.5 Å². The molecule has 0 N–H and O–H groups in total. The van der Waals surface area contributed by atoms with Crippen molar-refractivity contribution >= 4 is 21.9 Å². The molecule has 0 bridgehead atoms. The molecule has 0 saturated carbocycles. The highest BCUT2D eigenvalue weighted by atomic mass is 32.2. The van der Waals surface area contributed by atoms with Crippen molar-refractivity contribution in [3.05, 3.63) is 77.1 Å². The van der Waals surface area contributed by atoms with Crippen LogP contribution in [0, 0.1) is 0 Å². The summed E-state index contributed by atoms with van der Waals surface area (Å²) in [5.41, 5.74) is -0.240. The smallest absolute Gasteiger partial charge is 0.416 e. The van der Waals surface area contributed by atoms with Crippen LogP contribution in [0.1, 0.15) is 59.3 Å². The quantitative estimate of drug-likeness (QED) is 0.339. The molecule has 9 nitrogen and oxygen atoms in total. The van der Waals surface area contributed by atoms with Crippen LogP contribution in [0.5, 0.6) is 0 Å². The maximum absolute atomic E-state index is 13.9. The average molecular weight is 605 g/mol. The molecule has 0 aliphatic carbocycles. The van der Waals surface area contributed by atoms with Gasteiger partial charge in [-0.25, -0.2) is 23.2 Å². The molecule has 0 spiro atoms. The van der Waals surface area contributed by atoms with E-state index in [9.17, 15) is 31.2 Å². The van der Waals surface area contributed by atoms with Crippen LogP contribution in [-0.4, -0.2) is 71.8 Å². The lowest BCUT2D eigenvalue weighted by Crippen LogP contribution is -2.55. The van der Waals surface area contributed by atoms with Crippen molar-refractivity contribution in [3.63, 3.8) is 0 Å². The van der Waals surface area contributed by atoms with Gasteiger partial charge in [0.2, 0.25) is 10.0 Å². The SMILES string of the molecule is CCCc1nc(-c2ccccc2)nc(C(=O)N2CCN(S(=O)(=O)c3cccc(C(F)(F)F)c3)C(C)C2)c1C(=O)OCC. The monoisotopic (exact) mass is 604 g/mol. The van der Waals surface area contributed by atoms with Gasteiger partial charge in [-0.15, -0.1) is 0 Å². The highest BCUT2D eigenvalue weighted by Crippen LogP contribution is 2.32. The van der Waals surface area contributed by atoms with Crippen molar-refractivity contribution in [2.24, 2.45) is 0 Å². The van der Waals surface area contributed by atoms with Crippen molar-refractivity contribution in [2.75, 3.05) is 26.2 Å². The van der Waals surface area contributed by atoms with E-state index in [4.69, 9.17) is 4.74 Å². The van der Waals surface area contributed by atoms with Gasteiger partial charge in [0.05, 0.1) is 22.8 Å². The fourth-order valence-corrected chi connectivity index (χ4v) is 6.47. The lowest BCUT2D eigenvalue weighted by Gasteiger charge is -2.39. The van der Waals surface area contributed by atoms with Gasteiger partial charge < -0.3 is 9.64 Å². The zero-order valence-electron chi connectivity index (χ0n) is 23.4. The largest absolute Gasteiger partial charge is 0.462 e. The van der Waals surface area contributed by atoms with Gasteiger partial charge in [0.1, 0.15) is 11.3 Å². The van der Waals surface area contributed by atoms with Crippen LogP contribution in [-0.2, 0) is 27.4 Å². The van der Waals surface area contributed by atoms with Gasteiger partial charge in [-0.1, -0.05) is 49.7 Å². The van der Waals surface area contributed by atoms with Gasteiger partial charge in [-0.2, -0.15) is 17.5 Å². The summed E-state index contributed by atoms with van der Waals surface area (Å²) in [5.74, 6) is -1.07. The third kappa shape index (κ3) is 6.46. The van der Waals surface area contributed by atoms with E-state index in [1.807, 2.05) is 13.0 Å². The zero-order valence-corrected chi connectivity index (χ0v) is 24.2. The first kappa shape index (κ1) is 31.1. The number of amides is 1. The maximum Gasteiger partial charge on any atom is 0.416 e. The van der Waals surface area contributed by atoms with Crippen LogP contribution in [0.3, 0.4) is 0 Å². The third-order valence-electron chi connectivity index (χ3n) is 6.81. The number of halogens is 3. The molecule has 13 heteroatoms. The minimum absolute atomic E-state index is 0.0324. The lowest BCUT2D eigenvalue weighted by atomic mass is 10.0.